The van der Waals surface area contributed by atoms with Gasteiger partial charge in [0.15, 0.2) is 0 Å². The maximum atomic E-state index is 12.2. The highest BCUT2D eigenvalue weighted by Gasteiger charge is 2.30. The zero-order chi connectivity index (χ0) is 18.9. The quantitative estimate of drug-likeness (QED) is 0.702. The molecule has 0 unspecified atom stereocenters. The highest BCUT2D eigenvalue weighted by molar-refractivity contribution is 5.67. The van der Waals surface area contributed by atoms with Gasteiger partial charge in [0.2, 0.25) is 0 Å². The highest BCUT2D eigenvalue weighted by Crippen LogP contribution is 2.26. The van der Waals surface area contributed by atoms with Crippen molar-refractivity contribution in [2.45, 2.75) is 31.7 Å². The normalized spacial score (nSPS) is 23.1. The predicted octanol–water partition coefficient (Wildman–Crippen LogP) is 1.50. The predicted molar refractivity (Wildman–Crippen MR) is 100 cm³/mol. The first-order valence-corrected chi connectivity index (χ1v) is 9.76. The minimum absolute atomic E-state index is 0.0772. The van der Waals surface area contributed by atoms with Crippen LogP contribution in [0, 0.1) is 0 Å². The smallest absolute Gasteiger partial charge is 0.410 e. The first-order chi connectivity index (χ1) is 13.2. The lowest BCUT2D eigenvalue weighted by molar-refractivity contribution is -0.108. The van der Waals surface area contributed by atoms with Crippen LogP contribution in [0.4, 0.5) is 4.79 Å². The molecule has 0 aromatic heterocycles. The number of aliphatic hydroxyl groups excluding tert-OH is 1. The fourth-order valence-electron chi connectivity index (χ4n) is 3.32. The van der Waals surface area contributed by atoms with Crippen molar-refractivity contribution in [2.75, 3.05) is 52.5 Å². The zero-order valence-electron chi connectivity index (χ0n) is 15.8. The number of hydrogen-bond acceptors (Lipinski definition) is 6. The van der Waals surface area contributed by atoms with Gasteiger partial charge < -0.3 is 24.2 Å². The molecule has 1 N–H and O–H groups in total. The summed E-state index contributed by atoms with van der Waals surface area (Å²) < 4.78 is 16.7. The van der Waals surface area contributed by atoms with Gasteiger partial charge in [-0.25, -0.2) is 4.79 Å². The van der Waals surface area contributed by atoms with Crippen LogP contribution < -0.4 is 0 Å². The molecule has 1 saturated heterocycles. The summed E-state index contributed by atoms with van der Waals surface area (Å²) in [4.78, 5) is 16.3. The van der Waals surface area contributed by atoms with Crippen LogP contribution in [-0.4, -0.2) is 85.8 Å². The van der Waals surface area contributed by atoms with Gasteiger partial charge in [-0.05, 0) is 18.4 Å². The van der Waals surface area contributed by atoms with Crippen molar-refractivity contribution in [3.05, 3.63) is 35.9 Å². The Bertz CT molecular complexity index is 557. The van der Waals surface area contributed by atoms with E-state index in [9.17, 15) is 4.79 Å². The van der Waals surface area contributed by atoms with E-state index in [0.717, 1.165) is 38.0 Å². The van der Waals surface area contributed by atoms with Crippen molar-refractivity contribution in [1.29, 1.82) is 0 Å². The van der Waals surface area contributed by atoms with E-state index in [1.54, 1.807) is 4.90 Å². The van der Waals surface area contributed by atoms with Crippen molar-refractivity contribution in [1.82, 2.24) is 9.80 Å². The van der Waals surface area contributed by atoms with Crippen LogP contribution in [0.3, 0.4) is 0 Å². The van der Waals surface area contributed by atoms with Crippen molar-refractivity contribution in [2.24, 2.45) is 0 Å². The Labute approximate surface area is 160 Å². The van der Waals surface area contributed by atoms with Gasteiger partial charge in [0, 0.05) is 32.7 Å². The first-order valence-electron chi connectivity index (χ1n) is 9.76. The van der Waals surface area contributed by atoms with E-state index in [1.165, 1.54) is 0 Å². The molecule has 1 saturated carbocycles. The van der Waals surface area contributed by atoms with E-state index in [1.807, 2.05) is 30.3 Å². The van der Waals surface area contributed by atoms with Crippen LogP contribution in [-0.2, 0) is 20.8 Å². The summed E-state index contributed by atoms with van der Waals surface area (Å²) in [7, 11) is 0. The minimum atomic E-state index is -0.238. The van der Waals surface area contributed by atoms with Crippen molar-refractivity contribution >= 4 is 6.09 Å². The number of aliphatic hydroxyl groups is 1. The molecule has 1 aliphatic heterocycles. The maximum Gasteiger partial charge on any atom is 0.410 e. The van der Waals surface area contributed by atoms with Crippen LogP contribution in [0.1, 0.15) is 18.4 Å². The number of carbonyl (C=O) groups is 1. The SMILES string of the molecule is O=C(OCc1ccccc1)N1CCN(CCOC2CC(OCCO)C2)CC1. The molecule has 1 heterocycles. The molecule has 7 nitrogen and oxygen atoms in total. The summed E-state index contributed by atoms with van der Waals surface area (Å²) in [6, 6.07) is 9.73. The monoisotopic (exact) mass is 378 g/mol. The van der Waals surface area contributed by atoms with Crippen LogP contribution >= 0.6 is 0 Å². The third-order valence-electron chi connectivity index (χ3n) is 5.09. The topological polar surface area (TPSA) is 71.5 Å². The summed E-state index contributed by atoms with van der Waals surface area (Å²) in [5.74, 6) is 0. The molecule has 0 radical (unpaired) electrons. The average Bonchev–Trinajstić information content (AvgIpc) is 2.68. The summed E-state index contributed by atoms with van der Waals surface area (Å²) in [5.41, 5.74) is 1.00. The molecule has 0 atom stereocenters. The van der Waals surface area contributed by atoms with Gasteiger partial charge in [-0.15, -0.1) is 0 Å². The highest BCUT2D eigenvalue weighted by atomic mass is 16.6. The number of ether oxygens (including phenoxy) is 3. The van der Waals surface area contributed by atoms with Gasteiger partial charge in [0.05, 0.1) is 32.0 Å². The molecule has 0 bridgehead atoms. The van der Waals surface area contributed by atoms with E-state index in [4.69, 9.17) is 19.3 Å². The van der Waals surface area contributed by atoms with E-state index in [0.29, 0.717) is 32.9 Å². The molecule has 27 heavy (non-hydrogen) atoms. The molecule has 0 spiro atoms. The van der Waals surface area contributed by atoms with Crippen LogP contribution in [0.25, 0.3) is 0 Å². The Kier molecular flexibility index (Phi) is 7.89. The Morgan fingerprint density at radius 3 is 2.33 bits per heavy atom. The van der Waals surface area contributed by atoms with E-state index < -0.39 is 0 Å². The summed E-state index contributed by atoms with van der Waals surface area (Å²) in [6.45, 7) is 5.46. The maximum absolute atomic E-state index is 12.2. The van der Waals surface area contributed by atoms with Crippen LogP contribution in [0.15, 0.2) is 30.3 Å². The first kappa shape index (κ1) is 20.1. The van der Waals surface area contributed by atoms with Gasteiger partial charge in [0.25, 0.3) is 0 Å². The van der Waals surface area contributed by atoms with Crippen molar-refractivity contribution in [3.63, 3.8) is 0 Å². The molecule has 2 fully saturated rings. The number of carbonyl (C=O) groups excluding carboxylic acids is 1. The molecule has 1 aliphatic carbocycles. The molecule has 3 rings (SSSR count). The van der Waals surface area contributed by atoms with E-state index in [-0.39, 0.29) is 24.9 Å². The van der Waals surface area contributed by atoms with Gasteiger partial charge in [0.1, 0.15) is 6.61 Å². The van der Waals surface area contributed by atoms with Gasteiger partial charge in [-0.3, -0.25) is 4.90 Å². The number of nitrogens with zero attached hydrogens (tertiary/aromatic N) is 2. The Hall–Kier alpha value is -1.67. The lowest BCUT2D eigenvalue weighted by atomic mass is 9.92. The fourth-order valence-corrected chi connectivity index (χ4v) is 3.32. The zero-order valence-corrected chi connectivity index (χ0v) is 15.8. The van der Waals surface area contributed by atoms with Gasteiger partial charge in [-0.1, -0.05) is 30.3 Å². The minimum Gasteiger partial charge on any atom is -0.445 e. The van der Waals surface area contributed by atoms with Crippen LogP contribution in [0.2, 0.25) is 0 Å². The third kappa shape index (κ3) is 6.46. The molecule has 7 heteroatoms. The lowest BCUT2D eigenvalue weighted by Crippen LogP contribution is -2.49. The summed E-state index contributed by atoms with van der Waals surface area (Å²) in [5, 5.41) is 8.73. The Morgan fingerprint density at radius 1 is 1.00 bits per heavy atom. The number of rotatable bonds is 9. The van der Waals surface area contributed by atoms with E-state index >= 15 is 0 Å². The third-order valence-corrected chi connectivity index (χ3v) is 5.09. The summed E-state index contributed by atoms with van der Waals surface area (Å²) >= 11 is 0. The molecular weight excluding hydrogens is 348 g/mol. The molecule has 1 amide bonds. The number of amides is 1. The number of hydrogen-bond donors (Lipinski definition) is 1. The standard InChI is InChI=1S/C20H30N2O5/c23-11-13-26-19-14-18(15-19)25-12-10-21-6-8-22(9-7-21)20(24)27-16-17-4-2-1-3-5-17/h1-5,18-19,23H,6-16H2. The van der Waals surface area contributed by atoms with Crippen molar-refractivity contribution in [3.8, 4) is 0 Å². The second-order valence-corrected chi connectivity index (χ2v) is 7.05. The second kappa shape index (κ2) is 10.6. The van der Waals surface area contributed by atoms with Gasteiger partial charge >= 0.3 is 6.09 Å². The largest absolute Gasteiger partial charge is 0.445 e. The van der Waals surface area contributed by atoms with Crippen LogP contribution in [0.5, 0.6) is 0 Å². The number of piperazine rings is 1. The Balaban J connectivity index is 1.23. The fraction of sp³-hybridized carbons (Fsp3) is 0.650. The average molecular weight is 378 g/mol. The van der Waals surface area contributed by atoms with Gasteiger partial charge in [-0.2, -0.15) is 0 Å². The number of benzene rings is 1. The lowest BCUT2D eigenvalue weighted by Gasteiger charge is -2.36. The molecule has 1 aromatic carbocycles. The summed E-state index contributed by atoms with van der Waals surface area (Å²) in [6.07, 6.45) is 2.12. The molecule has 2 aliphatic rings. The van der Waals surface area contributed by atoms with Crippen molar-refractivity contribution < 1.29 is 24.1 Å². The Morgan fingerprint density at radius 2 is 1.67 bits per heavy atom. The molecular formula is C20H30N2O5. The molecule has 1 aromatic rings. The van der Waals surface area contributed by atoms with E-state index in [2.05, 4.69) is 4.90 Å². The second-order valence-electron chi connectivity index (χ2n) is 7.05. The molecule has 150 valence electrons.